The molecule has 0 unspecified atom stereocenters. The fraction of sp³-hybridized carbons (Fsp3) is 0.800. The molecule has 6 heteroatoms. The number of methoxy groups -OCH3 is 1. The third-order valence-corrected chi connectivity index (χ3v) is 1.49. The molecular formula is C10H18O6. The number of carbonyl (C=O) groups is 2. The zero-order valence-corrected chi connectivity index (χ0v) is 10.1. The number of rotatable bonds is 6. The number of esters is 1. The third kappa shape index (κ3) is 8.05. The van der Waals surface area contributed by atoms with Crippen molar-refractivity contribution in [3.63, 3.8) is 0 Å². The van der Waals surface area contributed by atoms with E-state index in [1.54, 1.807) is 13.8 Å². The molecule has 94 valence electrons. The van der Waals surface area contributed by atoms with E-state index < -0.39 is 17.7 Å². The van der Waals surface area contributed by atoms with Gasteiger partial charge < -0.3 is 18.9 Å². The van der Waals surface area contributed by atoms with Crippen LogP contribution in [0.15, 0.2) is 0 Å². The summed E-state index contributed by atoms with van der Waals surface area (Å²) in [6.07, 6.45) is -0.811. The van der Waals surface area contributed by atoms with Gasteiger partial charge in [-0.2, -0.15) is 0 Å². The van der Waals surface area contributed by atoms with Crippen LogP contribution < -0.4 is 0 Å². The van der Waals surface area contributed by atoms with Crippen molar-refractivity contribution in [1.82, 2.24) is 0 Å². The van der Waals surface area contributed by atoms with Gasteiger partial charge in [0.15, 0.2) is 0 Å². The Morgan fingerprint density at radius 3 is 2.25 bits per heavy atom. The van der Waals surface area contributed by atoms with Crippen LogP contribution in [0.3, 0.4) is 0 Å². The average Bonchev–Trinajstić information content (AvgIpc) is 2.15. The van der Waals surface area contributed by atoms with Crippen LogP contribution in [0.2, 0.25) is 0 Å². The molecule has 0 atom stereocenters. The molecule has 0 radical (unpaired) electrons. The molecular weight excluding hydrogens is 216 g/mol. The molecule has 0 N–H and O–H groups in total. The van der Waals surface area contributed by atoms with Crippen molar-refractivity contribution in [3.05, 3.63) is 0 Å². The smallest absolute Gasteiger partial charge is 0.462 e. The van der Waals surface area contributed by atoms with E-state index in [4.69, 9.17) is 18.9 Å². The van der Waals surface area contributed by atoms with Crippen molar-refractivity contribution in [2.24, 2.45) is 0 Å². The molecule has 0 aliphatic carbocycles. The Morgan fingerprint density at radius 2 is 1.75 bits per heavy atom. The second kappa shape index (κ2) is 7.05. The minimum absolute atomic E-state index is 0.0122. The standard InChI is InChI=1S/C10H18O6/c1-8(11)15-7-10(2,3)16-9(12)14-6-5-13-4/h5-7H2,1-4H3. The second-order valence-corrected chi connectivity index (χ2v) is 3.73. The van der Waals surface area contributed by atoms with Crippen molar-refractivity contribution in [1.29, 1.82) is 0 Å². The predicted molar refractivity (Wildman–Crippen MR) is 55.0 cm³/mol. The van der Waals surface area contributed by atoms with Crippen molar-refractivity contribution in [3.8, 4) is 0 Å². The van der Waals surface area contributed by atoms with E-state index in [1.807, 2.05) is 0 Å². The minimum Gasteiger partial charge on any atom is -0.462 e. The van der Waals surface area contributed by atoms with Crippen molar-refractivity contribution in [2.45, 2.75) is 26.4 Å². The summed E-state index contributed by atoms with van der Waals surface area (Å²) >= 11 is 0. The molecule has 0 heterocycles. The zero-order chi connectivity index (χ0) is 12.6. The lowest BCUT2D eigenvalue weighted by atomic mass is 10.1. The SMILES string of the molecule is COCCOC(=O)OC(C)(C)COC(C)=O. The van der Waals surface area contributed by atoms with Crippen LogP contribution in [-0.2, 0) is 23.7 Å². The van der Waals surface area contributed by atoms with Gasteiger partial charge in [-0.1, -0.05) is 0 Å². The summed E-state index contributed by atoms with van der Waals surface area (Å²) in [7, 11) is 1.50. The first-order chi connectivity index (χ1) is 7.37. The largest absolute Gasteiger partial charge is 0.509 e. The maximum atomic E-state index is 11.1. The highest BCUT2D eigenvalue weighted by atomic mass is 16.7. The minimum atomic E-state index is -0.907. The van der Waals surface area contributed by atoms with Crippen LogP contribution in [0, 0.1) is 0 Å². The lowest BCUT2D eigenvalue weighted by molar-refractivity contribution is -0.148. The van der Waals surface area contributed by atoms with E-state index in [1.165, 1.54) is 14.0 Å². The summed E-state index contributed by atoms with van der Waals surface area (Å²) < 4.78 is 19.1. The Morgan fingerprint density at radius 1 is 1.12 bits per heavy atom. The molecule has 6 nitrogen and oxygen atoms in total. The van der Waals surface area contributed by atoms with Crippen molar-refractivity contribution >= 4 is 12.1 Å². The Labute approximate surface area is 94.8 Å². The van der Waals surface area contributed by atoms with E-state index >= 15 is 0 Å². The highest BCUT2D eigenvalue weighted by Crippen LogP contribution is 2.11. The van der Waals surface area contributed by atoms with Crippen LogP contribution in [0.25, 0.3) is 0 Å². The monoisotopic (exact) mass is 234 g/mol. The van der Waals surface area contributed by atoms with Crippen LogP contribution in [0.5, 0.6) is 0 Å². The van der Waals surface area contributed by atoms with Crippen LogP contribution >= 0.6 is 0 Å². The number of hydrogen-bond acceptors (Lipinski definition) is 6. The summed E-state index contributed by atoms with van der Waals surface area (Å²) in [5.74, 6) is -0.426. The molecule has 0 saturated heterocycles. The fourth-order valence-electron chi connectivity index (χ4n) is 0.768. The fourth-order valence-corrected chi connectivity index (χ4v) is 0.768. The maximum Gasteiger partial charge on any atom is 0.509 e. The lowest BCUT2D eigenvalue weighted by Gasteiger charge is -2.23. The highest BCUT2D eigenvalue weighted by molar-refractivity contribution is 5.66. The predicted octanol–water partition coefficient (Wildman–Crippen LogP) is 1.13. The van der Waals surface area contributed by atoms with Gasteiger partial charge in [0.25, 0.3) is 0 Å². The summed E-state index contributed by atoms with van der Waals surface area (Å²) in [5.41, 5.74) is -0.907. The van der Waals surface area contributed by atoms with E-state index in [-0.39, 0.29) is 13.2 Å². The molecule has 16 heavy (non-hydrogen) atoms. The Balaban J connectivity index is 3.85. The zero-order valence-electron chi connectivity index (χ0n) is 10.1. The van der Waals surface area contributed by atoms with Gasteiger partial charge in [-0.25, -0.2) is 4.79 Å². The van der Waals surface area contributed by atoms with Gasteiger partial charge in [0.2, 0.25) is 0 Å². The molecule has 0 spiro atoms. The summed E-state index contributed by atoms with van der Waals surface area (Å²) in [4.78, 5) is 21.7. The average molecular weight is 234 g/mol. The quantitative estimate of drug-likeness (QED) is 0.506. The molecule has 0 saturated carbocycles. The van der Waals surface area contributed by atoms with Gasteiger partial charge in [-0.3, -0.25) is 4.79 Å². The van der Waals surface area contributed by atoms with Crippen LogP contribution in [-0.4, -0.2) is 44.7 Å². The highest BCUT2D eigenvalue weighted by Gasteiger charge is 2.25. The topological polar surface area (TPSA) is 71.1 Å². The van der Waals surface area contributed by atoms with Gasteiger partial charge in [0.05, 0.1) is 6.61 Å². The van der Waals surface area contributed by atoms with E-state index in [0.29, 0.717) is 6.61 Å². The van der Waals surface area contributed by atoms with Crippen molar-refractivity contribution < 1.29 is 28.5 Å². The summed E-state index contributed by atoms with van der Waals surface area (Å²) in [6.45, 7) is 4.94. The normalized spacial score (nSPS) is 10.8. The molecule has 0 aromatic carbocycles. The van der Waals surface area contributed by atoms with Gasteiger partial charge >= 0.3 is 12.1 Å². The number of hydrogen-bond donors (Lipinski definition) is 0. The molecule has 0 aromatic heterocycles. The van der Waals surface area contributed by atoms with Crippen LogP contribution in [0.4, 0.5) is 4.79 Å². The first-order valence-electron chi connectivity index (χ1n) is 4.85. The Kier molecular flexibility index (Phi) is 6.48. The summed E-state index contributed by atoms with van der Waals surface area (Å²) in [6, 6.07) is 0. The van der Waals surface area contributed by atoms with Crippen LogP contribution in [0.1, 0.15) is 20.8 Å². The molecule has 0 fully saturated rings. The van der Waals surface area contributed by atoms with Gasteiger partial charge in [0, 0.05) is 14.0 Å². The van der Waals surface area contributed by atoms with E-state index in [0.717, 1.165) is 0 Å². The Hall–Kier alpha value is -1.30. The molecule has 0 bridgehead atoms. The maximum absolute atomic E-state index is 11.1. The molecule has 0 aliphatic rings. The first kappa shape index (κ1) is 14.7. The molecule has 0 aromatic rings. The molecule has 0 aliphatic heterocycles. The van der Waals surface area contributed by atoms with Gasteiger partial charge in [0.1, 0.15) is 18.8 Å². The van der Waals surface area contributed by atoms with E-state index in [9.17, 15) is 9.59 Å². The first-order valence-corrected chi connectivity index (χ1v) is 4.85. The molecule has 0 amide bonds. The third-order valence-electron chi connectivity index (χ3n) is 1.49. The number of ether oxygens (including phenoxy) is 4. The lowest BCUT2D eigenvalue weighted by Crippen LogP contribution is -2.34. The molecule has 0 rings (SSSR count). The second-order valence-electron chi connectivity index (χ2n) is 3.73. The van der Waals surface area contributed by atoms with Gasteiger partial charge in [-0.15, -0.1) is 0 Å². The summed E-state index contributed by atoms with van der Waals surface area (Å²) in [5, 5.41) is 0. The van der Waals surface area contributed by atoms with Crippen molar-refractivity contribution in [2.75, 3.05) is 26.9 Å². The van der Waals surface area contributed by atoms with E-state index in [2.05, 4.69) is 0 Å². The van der Waals surface area contributed by atoms with Gasteiger partial charge in [-0.05, 0) is 13.8 Å². The number of carbonyl (C=O) groups excluding carboxylic acids is 2. The Bertz CT molecular complexity index is 235.